The number of methoxy groups -OCH3 is 1. The molecule has 0 saturated carbocycles. The molecule has 5 nitrogen and oxygen atoms in total. The van der Waals surface area contributed by atoms with Crippen molar-refractivity contribution in [2.24, 2.45) is 0 Å². The van der Waals surface area contributed by atoms with Crippen LogP contribution in [0.3, 0.4) is 0 Å². The highest BCUT2D eigenvalue weighted by molar-refractivity contribution is 6.09. The summed E-state index contributed by atoms with van der Waals surface area (Å²) in [5.41, 5.74) is -1.67. The van der Waals surface area contributed by atoms with E-state index in [1.165, 1.54) is 14.0 Å². The van der Waals surface area contributed by atoms with Crippen molar-refractivity contribution in [1.29, 1.82) is 0 Å². The molecule has 0 amide bonds. The monoisotopic (exact) mass is 266 g/mol. The van der Waals surface area contributed by atoms with E-state index in [0.29, 0.717) is 0 Å². The predicted octanol–water partition coefficient (Wildman–Crippen LogP) is 0.950. The lowest BCUT2D eigenvalue weighted by Crippen LogP contribution is -2.56. The first kappa shape index (κ1) is 15.0. The lowest BCUT2D eigenvalue weighted by atomic mass is 9.86. The molecular formula is C11H16F2O5. The molecule has 1 aliphatic heterocycles. The van der Waals surface area contributed by atoms with Crippen LogP contribution in [0.25, 0.3) is 0 Å². The van der Waals surface area contributed by atoms with E-state index in [-0.39, 0.29) is 32.7 Å². The van der Waals surface area contributed by atoms with Crippen LogP contribution in [0.15, 0.2) is 0 Å². The first-order chi connectivity index (χ1) is 8.40. The topological polar surface area (TPSA) is 61.8 Å². The summed E-state index contributed by atoms with van der Waals surface area (Å²) in [4.78, 5) is 23.0. The van der Waals surface area contributed by atoms with E-state index in [1.807, 2.05) is 0 Å². The summed E-state index contributed by atoms with van der Waals surface area (Å²) in [6.07, 6.45) is -0.00530. The van der Waals surface area contributed by atoms with Gasteiger partial charge in [0.25, 0.3) is 0 Å². The van der Waals surface area contributed by atoms with E-state index in [0.717, 1.165) is 0 Å². The fourth-order valence-electron chi connectivity index (χ4n) is 1.83. The zero-order valence-electron chi connectivity index (χ0n) is 10.3. The van der Waals surface area contributed by atoms with Crippen LogP contribution in [0.5, 0.6) is 0 Å². The van der Waals surface area contributed by atoms with Gasteiger partial charge in [0.2, 0.25) is 5.78 Å². The minimum Gasteiger partial charge on any atom is -0.461 e. The Balaban J connectivity index is 2.92. The average Bonchev–Trinajstić information content (AvgIpc) is 2.38. The highest BCUT2D eigenvalue weighted by Gasteiger charge is 2.58. The number of halogens is 2. The lowest BCUT2D eigenvalue weighted by Gasteiger charge is -2.35. The van der Waals surface area contributed by atoms with Gasteiger partial charge in [0.1, 0.15) is 5.60 Å². The molecule has 0 aliphatic carbocycles. The highest BCUT2D eigenvalue weighted by Crippen LogP contribution is 2.33. The van der Waals surface area contributed by atoms with Gasteiger partial charge >= 0.3 is 11.9 Å². The smallest absolute Gasteiger partial charge is 0.402 e. The molecule has 0 aromatic carbocycles. The molecule has 1 aliphatic rings. The van der Waals surface area contributed by atoms with Crippen molar-refractivity contribution in [2.75, 3.05) is 26.9 Å². The molecule has 104 valence electrons. The van der Waals surface area contributed by atoms with Crippen molar-refractivity contribution in [1.82, 2.24) is 0 Å². The normalized spacial score (nSPS) is 19.3. The molecule has 0 radical (unpaired) electrons. The van der Waals surface area contributed by atoms with E-state index in [2.05, 4.69) is 4.74 Å². The van der Waals surface area contributed by atoms with Gasteiger partial charge in [-0.05, 0) is 6.92 Å². The van der Waals surface area contributed by atoms with E-state index in [9.17, 15) is 18.4 Å². The fraction of sp³-hybridized carbons (Fsp3) is 0.818. The van der Waals surface area contributed by atoms with E-state index < -0.39 is 23.3 Å². The molecule has 7 heteroatoms. The third-order valence-electron chi connectivity index (χ3n) is 2.92. The van der Waals surface area contributed by atoms with Crippen LogP contribution >= 0.6 is 0 Å². The maximum atomic E-state index is 13.7. The summed E-state index contributed by atoms with van der Waals surface area (Å²) >= 11 is 0. The van der Waals surface area contributed by atoms with Gasteiger partial charge in [-0.25, -0.2) is 4.79 Å². The minimum absolute atomic E-state index is 0.00265. The van der Waals surface area contributed by atoms with Crippen LogP contribution < -0.4 is 0 Å². The van der Waals surface area contributed by atoms with Crippen molar-refractivity contribution in [3.63, 3.8) is 0 Å². The Hall–Kier alpha value is -1.08. The van der Waals surface area contributed by atoms with Gasteiger partial charge in [-0.2, -0.15) is 8.78 Å². The van der Waals surface area contributed by atoms with Gasteiger partial charge in [-0.3, -0.25) is 4.79 Å². The molecule has 0 spiro atoms. The van der Waals surface area contributed by atoms with Gasteiger partial charge in [-0.1, -0.05) is 0 Å². The number of alkyl halides is 2. The van der Waals surface area contributed by atoms with Crippen molar-refractivity contribution in [3.05, 3.63) is 0 Å². The number of carbonyl (C=O) groups is 2. The number of Topliss-reactive ketones (excluding diaryl/α,β-unsaturated/α-hetero) is 1. The van der Waals surface area contributed by atoms with Gasteiger partial charge in [0.15, 0.2) is 0 Å². The standard InChI is InChI=1S/C11H16F2O5/c1-3-18-9(15)11(12,13)8(14)10(16-2)4-6-17-7-5-10/h3-7H2,1-2H3. The number of rotatable bonds is 5. The van der Waals surface area contributed by atoms with Gasteiger partial charge < -0.3 is 14.2 Å². The molecule has 1 saturated heterocycles. The van der Waals surface area contributed by atoms with Crippen LogP contribution in [-0.4, -0.2) is 50.2 Å². The Kier molecular flexibility index (Phi) is 4.75. The molecule has 0 atom stereocenters. The fourth-order valence-corrected chi connectivity index (χ4v) is 1.83. The summed E-state index contributed by atoms with van der Waals surface area (Å²) in [6.45, 7) is 1.45. The number of carbonyl (C=O) groups excluding carboxylic acids is 2. The number of hydrogen-bond acceptors (Lipinski definition) is 5. The van der Waals surface area contributed by atoms with Crippen molar-refractivity contribution in [2.45, 2.75) is 31.3 Å². The minimum atomic E-state index is -4.19. The zero-order chi connectivity index (χ0) is 13.8. The molecule has 0 aromatic heterocycles. The number of ether oxygens (including phenoxy) is 3. The molecule has 1 heterocycles. The number of ketones is 1. The second-order valence-electron chi connectivity index (χ2n) is 3.93. The Morgan fingerprint density at radius 1 is 1.33 bits per heavy atom. The van der Waals surface area contributed by atoms with Crippen LogP contribution in [0.1, 0.15) is 19.8 Å². The molecule has 0 N–H and O–H groups in total. The summed E-state index contributed by atoms with van der Waals surface area (Å²) in [6, 6.07) is 0. The summed E-state index contributed by atoms with van der Waals surface area (Å²) in [7, 11) is 1.17. The summed E-state index contributed by atoms with van der Waals surface area (Å²) < 4.78 is 41.5. The van der Waals surface area contributed by atoms with Gasteiger partial charge in [0, 0.05) is 33.2 Å². The number of esters is 1. The average molecular weight is 266 g/mol. The largest absolute Gasteiger partial charge is 0.461 e. The molecule has 1 fully saturated rings. The Morgan fingerprint density at radius 2 is 1.89 bits per heavy atom. The SMILES string of the molecule is CCOC(=O)C(F)(F)C(=O)C1(OC)CCOCC1. The van der Waals surface area contributed by atoms with Gasteiger partial charge in [0.05, 0.1) is 6.61 Å². The van der Waals surface area contributed by atoms with E-state index >= 15 is 0 Å². The zero-order valence-corrected chi connectivity index (χ0v) is 10.3. The maximum absolute atomic E-state index is 13.7. The van der Waals surface area contributed by atoms with Crippen molar-refractivity contribution >= 4 is 11.8 Å². The second-order valence-corrected chi connectivity index (χ2v) is 3.93. The second kappa shape index (κ2) is 5.71. The third-order valence-corrected chi connectivity index (χ3v) is 2.92. The Labute approximate surface area is 103 Å². The first-order valence-corrected chi connectivity index (χ1v) is 5.63. The first-order valence-electron chi connectivity index (χ1n) is 5.63. The molecule has 18 heavy (non-hydrogen) atoms. The van der Waals surface area contributed by atoms with Crippen LogP contribution in [0, 0.1) is 0 Å². The third kappa shape index (κ3) is 2.67. The van der Waals surface area contributed by atoms with E-state index in [1.54, 1.807) is 0 Å². The summed E-state index contributed by atoms with van der Waals surface area (Å²) in [5.74, 6) is -7.58. The van der Waals surface area contributed by atoms with Crippen LogP contribution in [-0.2, 0) is 23.8 Å². The van der Waals surface area contributed by atoms with E-state index in [4.69, 9.17) is 9.47 Å². The highest BCUT2D eigenvalue weighted by atomic mass is 19.3. The van der Waals surface area contributed by atoms with Crippen LogP contribution in [0.4, 0.5) is 8.78 Å². The molecule has 0 aromatic rings. The molecule has 1 rings (SSSR count). The van der Waals surface area contributed by atoms with Gasteiger partial charge in [-0.15, -0.1) is 0 Å². The van der Waals surface area contributed by atoms with Crippen molar-refractivity contribution in [3.8, 4) is 0 Å². The maximum Gasteiger partial charge on any atom is 0.402 e. The molecule has 0 unspecified atom stereocenters. The summed E-state index contributed by atoms with van der Waals surface area (Å²) in [5, 5.41) is 0. The predicted molar refractivity (Wildman–Crippen MR) is 56.4 cm³/mol. The Bertz CT molecular complexity index is 323. The molecular weight excluding hydrogens is 250 g/mol. The van der Waals surface area contributed by atoms with Crippen LogP contribution in [0.2, 0.25) is 0 Å². The Morgan fingerprint density at radius 3 is 2.33 bits per heavy atom. The number of hydrogen-bond donors (Lipinski definition) is 0. The molecule has 0 bridgehead atoms. The van der Waals surface area contributed by atoms with Crippen molar-refractivity contribution < 1.29 is 32.6 Å². The lowest BCUT2D eigenvalue weighted by molar-refractivity contribution is -0.192. The quantitative estimate of drug-likeness (QED) is 0.547.